The molecule has 1 saturated heterocycles. The molecule has 0 aromatic heterocycles. The zero-order valence-corrected chi connectivity index (χ0v) is 13.7. The van der Waals surface area contributed by atoms with Crippen LogP contribution in [0.25, 0.3) is 0 Å². The van der Waals surface area contributed by atoms with Crippen LogP contribution in [0.1, 0.15) is 28.8 Å². The number of amides is 1. The second kappa shape index (κ2) is 8.50. The molecule has 1 atom stereocenters. The fourth-order valence-electron chi connectivity index (χ4n) is 2.75. The number of ether oxygens (including phenoxy) is 2. The highest BCUT2D eigenvalue weighted by Gasteiger charge is 2.16. The fraction of sp³-hybridized carbons (Fsp3) is 0.350. The van der Waals surface area contributed by atoms with E-state index in [-0.39, 0.29) is 12.0 Å². The summed E-state index contributed by atoms with van der Waals surface area (Å²) in [6.45, 7) is 2.00. The molecule has 1 N–H and O–H groups in total. The van der Waals surface area contributed by atoms with E-state index in [4.69, 9.17) is 9.47 Å². The van der Waals surface area contributed by atoms with Crippen molar-refractivity contribution in [3.8, 4) is 5.75 Å². The summed E-state index contributed by atoms with van der Waals surface area (Å²) in [4.78, 5) is 12.1. The molecule has 0 bridgehead atoms. The molecule has 1 fully saturated rings. The number of nitrogens with one attached hydrogen (secondary N) is 1. The maximum atomic E-state index is 12.1. The van der Waals surface area contributed by atoms with Crippen molar-refractivity contribution in [2.45, 2.75) is 25.4 Å². The third-order valence-electron chi connectivity index (χ3n) is 4.13. The standard InChI is InChI=1S/C20H23NO3/c22-20(21-15-19-7-4-13-23-19)17-8-10-18(11-9-17)24-14-12-16-5-2-1-3-6-16/h1-3,5-6,8-11,19H,4,7,12-15H2,(H,21,22)/t19-/m1/s1. The van der Waals surface area contributed by atoms with Crippen LogP contribution in [0.5, 0.6) is 5.75 Å². The first-order valence-electron chi connectivity index (χ1n) is 8.48. The Hall–Kier alpha value is -2.33. The number of carbonyl (C=O) groups excluding carboxylic acids is 1. The summed E-state index contributed by atoms with van der Waals surface area (Å²) in [5, 5.41) is 2.92. The third-order valence-corrected chi connectivity index (χ3v) is 4.13. The number of benzene rings is 2. The van der Waals surface area contributed by atoms with E-state index >= 15 is 0 Å². The molecule has 4 heteroatoms. The second-order valence-corrected chi connectivity index (χ2v) is 5.95. The van der Waals surface area contributed by atoms with E-state index in [1.54, 1.807) is 12.1 Å². The van der Waals surface area contributed by atoms with E-state index in [1.165, 1.54) is 5.56 Å². The Bertz CT molecular complexity index is 634. The summed E-state index contributed by atoms with van der Waals surface area (Å²) in [5.41, 5.74) is 1.89. The molecule has 1 heterocycles. The summed E-state index contributed by atoms with van der Waals surface area (Å²) in [7, 11) is 0. The van der Waals surface area contributed by atoms with Crippen molar-refractivity contribution >= 4 is 5.91 Å². The average molecular weight is 325 g/mol. The monoisotopic (exact) mass is 325 g/mol. The highest BCUT2D eigenvalue weighted by atomic mass is 16.5. The van der Waals surface area contributed by atoms with E-state index in [0.717, 1.165) is 31.6 Å². The minimum absolute atomic E-state index is 0.0682. The van der Waals surface area contributed by atoms with Crippen molar-refractivity contribution in [2.75, 3.05) is 19.8 Å². The zero-order chi connectivity index (χ0) is 16.6. The Balaban J connectivity index is 1.43. The van der Waals surface area contributed by atoms with E-state index in [0.29, 0.717) is 18.7 Å². The van der Waals surface area contributed by atoms with Crippen molar-refractivity contribution in [3.63, 3.8) is 0 Å². The molecule has 2 aromatic rings. The lowest BCUT2D eigenvalue weighted by atomic mass is 10.1. The number of rotatable bonds is 7. The quantitative estimate of drug-likeness (QED) is 0.850. The van der Waals surface area contributed by atoms with Gasteiger partial charge in [0.2, 0.25) is 0 Å². The van der Waals surface area contributed by atoms with Crippen LogP contribution in [0, 0.1) is 0 Å². The van der Waals surface area contributed by atoms with Crippen molar-refractivity contribution in [3.05, 3.63) is 65.7 Å². The SMILES string of the molecule is O=C(NC[C@H]1CCCO1)c1ccc(OCCc2ccccc2)cc1. The van der Waals surface area contributed by atoms with Gasteiger partial charge in [0.15, 0.2) is 0 Å². The van der Waals surface area contributed by atoms with Crippen LogP contribution < -0.4 is 10.1 Å². The molecule has 3 rings (SSSR count). The van der Waals surface area contributed by atoms with Gasteiger partial charge in [0.05, 0.1) is 12.7 Å². The van der Waals surface area contributed by atoms with Crippen LogP contribution in [0.4, 0.5) is 0 Å². The molecule has 4 nitrogen and oxygen atoms in total. The summed E-state index contributed by atoms with van der Waals surface area (Å²) < 4.78 is 11.2. The minimum atomic E-state index is -0.0682. The Morgan fingerprint density at radius 2 is 1.92 bits per heavy atom. The smallest absolute Gasteiger partial charge is 0.251 e. The Labute approximate surface area is 142 Å². The molecular formula is C20H23NO3. The molecular weight excluding hydrogens is 302 g/mol. The first kappa shape index (κ1) is 16.5. The molecule has 1 aliphatic rings. The van der Waals surface area contributed by atoms with Gasteiger partial charge in [-0.25, -0.2) is 0 Å². The average Bonchev–Trinajstić information content (AvgIpc) is 3.15. The number of carbonyl (C=O) groups is 1. The van der Waals surface area contributed by atoms with Gasteiger partial charge < -0.3 is 14.8 Å². The summed E-state index contributed by atoms with van der Waals surface area (Å²) in [6, 6.07) is 17.5. The predicted octanol–water partition coefficient (Wildman–Crippen LogP) is 3.22. The van der Waals surface area contributed by atoms with E-state index < -0.39 is 0 Å². The second-order valence-electron chi connectivity index (χ2n) is 5.95. The topological polar surface area (TPSA) is 47.6 Å². The number of hydrogen-bond acceptors (Lipinski definition) is 3. The minimum Gasteiger partial charge on any atom is -0.493 e. The van der Waals surface area contributed by atoms with Crippen molar-refractivity contribution in [1.29, 1.82) is 0 Å². The number of hydrogen-bond donors (Lipinski definition) is 1. The predicted molar refractivity (Wildman–Crippen MR) is 93.4 cm³/mol. The molecule has 0 unspecified atom stereocenters. The van der Waals surface area contributed by atoms with Crippen molar-refractivity contribution < 1.29 is 14.3 Å². The summed E-state index contributed by atoms with van der Waals surface area (Å²) in [6.07, 6.45) is 3.13. The van der Waals surface area contributed by atoms with Crippen LogP contribution in [-0.4, -0.2) is 31.8 Å². The van der Waals surface area contributed by atoms with Crippen LogP contribution in [0.2, 0.25) is 0 Å². The molecule has 126 valence electrons. The van der Waals surface area contributed by atoms with Gasteiger partial charge in [0.1, 0.15) is 5.75 Å². The maximum absolute atomic E-state index is 12.1. The molecule has 0 radical (unpaired) electrons. The van der Waals surface area contributed by atoms with Gasteiger partial charge in [-0.2, -0.15) is 0 Å². The normalized spacial score (nSPS) is 16.8. The molecule has 0 aliphatic carbocycles. The highest BCUT2D eigenvalue weighted by molar-refractivity contribution is 5.94. The summed E-state index contributed by atoms with van der Waals surface area (Å²) >= 11 is 0. The molecule has 24 heavy (non-hydrogen) atoms. The molecule has 1 aliphatic heterocycles. The van der Waals surface area contributed by atoms with E-state index in [1.807, 2.05) is 30.3 Å². The van der Waals surface area contributed by atoms with Crippen molar-refractivity contribution in [1.82, 2.24) is 5.32 Å². The van der Waals surface area contributed by atoms with Gasteiger partial charge in [-0.1, -0.05) is 30.3 Å². The zero-order valence-electron chi connectivity index (χ0n) is 13.7. The van der Waals surface area contributed by atoms with Gasteiger partial charge >= 0.3 is 0 Å². The first-order valence-corrected chi connectivity index (χ1v) is 8.48. The van der Waals surface area contributed by atoms with E-state index in [9.17, 15) is 4.79 Å². The van der Waals surface area contributed by atoms with E-state index in [2.05, 4.69) is 17.4 Å². The molecule has 1 amide bonds. The molecule has 0 saturated carbocycles. The van der Waals surface area contributed by atoms with Gasteiger partial charge in [-0.05, 0) is 42.7 Å². The van der Waals surface area contributed by atoms with Crippen LogP contribution >= 0.6 is 0 Å². The van der Waals surface area contributed by atoms with Crippen LogP contribution in [0.3, 0.4) is 0 Å². The lowest BCUT2D eigenvalue weighted by Crippen LogP contribution is -2.31. The molecule has 2 aromatic carbocycles. The fourth-order valence-corrected chi connectivity index (χ4v) is 2.75. The largest absolute Gasteiger partial charge is 0.493 e. The van der Waals surface area contributed by atoms with Gasteiger partial charge in [0.25, 0.3) is 5.91 Å². The highest BCUT2D eigenvalue weighted by Crippen LogP contribution is 2.14. The lowest BCUT2D eigenvalue weighted by molar-refractivity contribution is 0.0857. The van der Waals surface area contributed by atoms with Gasteiger partial charge in [-0.3, -0.25) is 4.79 Å². The van der Waals surface area contributed by atoms with Gasteiger partial charge in [-0.15, -0.1) is 0 Å². The molecule has 0 spiro atoms. The Kier molecular flexibility index (Phi) is 5.85. The van der Waals surface area contributed by atoms with Crippen molar-refractivity contribution in [2.24, 2.45) is 0 Å². The lowest BCUT2D eigenvalue weighted by Gasteiger charge is -2.11. The van der Waals surface area contributed by atoms with Crippen LogP contribution in [-0.2, 0) is 11.2 Å². The Morgan fingerprint density at radius 1 is 1.12 bits per heavy atom. The van der Waals surface area contributed by atoms with Gasteiger partial charge in [0, 0.05) is 25.1 Å². The van der Waals surface area contributed by atoms with Crippen LogP contribution in [0.15, 0.2) is 54.6 Å². The maximum Gasteiger partial charge on any atom is 0.251 e. The Morgan fingerprint density at radius 3 is 2.62 bits per heavy atom. The summed E-state index contributed by atoms with van der Waals surface area (Å²) in [5.74, 6) is 0.711. The first-order chi connectivity index (χ1) is 11.8. The third kappa shape index (κ3) is 4.83.